The van der Waals surface area contributed by atoms with E-state index in [1.54, 1.807) is 34.6 Å². The molecule has 2 aromatic rings. The number of aromatic nitrogens is 1. The van der Waals surface area contributed by atoms with E-state index < -0.39 is 41.8 Å². The van der Waals surface area contributed by atoms with Crippen molar-refractivity contribution in [2.24, 2.45) is 5.92 Å². The van der Waals surface area contributed by atoms with E-state index in [1.807, 2.05) is 75.6 Å². The van der Waals surface area contributed by atoms with Crippen LogP contribution in [0.4, 0.5) is 9.59 Å². The molecular formula is C41H62N6O6S2. The normalized spacial score (nSPS) is 17.7. The third-order valence-electron chi connectivity index (χ3n) is 10.0. The fourth-order valence-corrected chi connectivity index (χ4v) is 8.42. The molecule has 304 valence electrons. The Morgan fingerprint density at radius 1 is 0.873 bits per heavy atom. The van der Waals surface area contributed by atoms with Crippen LogP contribution in [-0.2, 0) is 20.7 Å². The Morgan fingerprint density at radius 3 is 2.22 bits per heavy atom. The predicted molar refractivity (Wildman–Crippen MR) is 220 cm³/mol. The summed E-state index contributed by atoms with van der Waals surface area (Å²) in [5.41, 5.74) is 0.263. The SMILES string of the molecule is CSCC[C@H](NC(=O)[C@H](Cc1ccccc1)NC(=O)N1CCC(NC(=O)OC(C)(C)C)CC1)C(=O)N[C@@H](CC1CCCCC1)[C@@H](O)CCSc1ccccn1. The van der Waals surface area contributed by atoms with Crippen LogP contribution in [0.5, 0.6) is 0 Å². The first-order chi connectivity index (χ1) is 26.4. The second kappa shape index (κ2) is 22.9. The summed E-state index contributed by atoms with van der Waals surface area (Å²) in [4.78, 5) is 60.1. The minimum Gasteiger partial charge on any atom is -0.444 e. The molecular weight excluding hydrogens is 737 g/mol. The molecule has 0 radical (unpaired) electrons. The number of benzene rings is 1. The molecule has 55 heavy (non-hydrogen) atoms. The van der Waals surface area contributed by atoms with Crippen molar-refractivity contribution in [1.29, 1.82) is 0 Å². The van der Waals surface area contributed by atoms with E-state index in [9.17, 15) is 24.3 Å². The molecule has 1 saturated carbocycles. The second-order valence-electron chi connectivity index (χ2n) is 15.7. The smallest absolute Gasteiger partial charge is 0.407 e. The first-order valence-corrected chi connectivity index (χ1v) is 22.2. The molecule has 2 aliphatic rings. The summed E-state index contributed by atoms with van der Waals surface area (Å²) in [5.74, 6) is 0.928. The quantitative estimate of drug-likeness (QED) is 0.115. The Hall–Kier alpha value is -3.49. The number of aliphatic hydroxyl groups is 1. The number of ether oxygens (including phenoxy) is 1. The van der Waals surface area contributed by atoms with Crippen molar-refractivity contribution in [2.45, 2.75) is 132 Å². The average Bonchev–Trinajstić information content (AvgIpc) is 3.16. The molecule has 0 spiro atoms. The number of alkyl carbamates (subject to hydrolysis) is 1. The van der Waals surface area contributed by atoms with E-state index >= 15 is 0 Å². The minimum absolute atomic E-state index is 0.127. The number of amides is 5. The lowest BCUT2D eigenvalue weighted by Crippen LogP contribution is -2.58. The van der Waals surface area contributed by atoms with Gasteiger partial charge in [-0.3, -0.25) is 9.59 Å². The highest BCUT2D eigenvalue weighted by molar-refractivity contribution is 7.99. The molecule has 5 N–H and O–H groups in total. The van der Waals surface area contributed by atoms with Gasteiger partial charge in [0.25, 0.3) is 0 Å². The van der Waals surface area contributed by atoms with E-state index in [1.165, 1.54) is 6.42 Å². The predicted octanol–water partition coefficient (Wildman–Crippen LogP) is 5.93. The zero-order valence-corrected chi connectivity index (χ0v) is 34.6. The highest BCUT2D eigenvalue weighted by Gasteiger charge is 2.33. The van der Waals surface area contributed by atoms with E-state index in [4.69, 9.17) is 4.74 Å². The standard InChI is InChI=1S/C41H62N6O6S2/c1-41(2,3)53-40(52)43-31-18-23-47(24-19-31)39(51)46-34(28-30-15-9-6-10-16-30)38(50)44-32(20-25-54-4)37(49)45-33(27-29-13-7-5-8-14-29)35(48)21-26-55-36-17-11-12-22-42-36/h6,9-12,15-17,22,29,31-35,48H,5,7-8,13-14,18-21,23-28H2,1-4H3,(H,43,52)(H,44,50)(H,45,49)(H,46,51)/t32-,33-,34-,35-/m0/s1. The fourth-order valence-electron chi connectivity index (χ4n) is 7.07. The summed E-state index contributed by atoms with van der Waals surface area (Å²) in [7, 11) is 0. The summed E-state index contributed by atoms with van der Waals surface area (Å²) in [5, 5.41) is 24.4. The number of carbonyl (C=O) groups is 4. The number of rotatable bonds is 18. The van der Waals surface area contributed by atoms with Crippen LogP contribution in [0.2, 0.25) is 0 Å². The Morgan fingerprint density at radius 2 is 1.56 bits per heavy atom. The van der Waals surface area contributed by atoms with Crippen molar-refractivity contribution in [3.05, 3.63) is 60.3 Å². The van der Waals surface area contributed by atoms with Crippen molar-refractivity contribution in [1.82, 2.24) is 31.2 Å². The zero-order valence-electron chi connectivity index (χ0n) is 33.0. The van der Waals surface area contributed by atoms with Gasteiger partial charge in [-0.05, 0) is 88.5 Å². The highest BCUT2D eigenvalue weighted by atomic mass is 32.2. The highest BCUT2D eigenvalue weighted by Crippen LogP contribution is 2.29. The molecule has 14 heteroatoms. The molecule has 0 bridgehead atoms. The third-order valence-corrected chi connectivity index (χ3v) is 11.7. The van der Waals surface area contributed by atoms with Crippen molar-refractivity contribution in [3.8, 4) is 0 Å². The van der Waals surface area contributed by atoms with Gasteiger partial charge in [0.15, 0.2) is 0 Å². The van der Waals surface area contributed by atoms with Gasteiger partial charge in [-0.25, -0.2) is 14.6 Å². The first-order valence-electron chi connectivity index (χ1n) is 19.8. The number of carbonyl (C=O) groups excluding carboxylic acids is 4. The molecule has 2 fully saturated rings. The number of nitrogens with zero attached hydrogens (tertiary/aromatic N) is 2. The number of aliphatic hydroxyl groups excluding tert-OH is 1. The average molecular weight is 799 g/mol. The van der Waals surface area contributed by atoms with Crippen LogP contribution in [0.1, 0.15) is 90.5 Å². The molecule has 1 aromatic heterocycles. The molecule has 4 atom stereocenters. The number of nitrogens with one attached hydrogen (secondary N) is 4. The summed E-state index contributed by atoms with van der Waals surface area (Å²) < 4.78 is 5.39. The van der Waals surface area contributed by atoms with Crippen molar-refractivity contribution in [2.75, 3.05) is 30.9 Å². The van der Waals surface area contributed by atoms with Crippen LogP contribution in [0.3, 0.4) is 0 Å². The van der Waals surface area contributed by atoms with E-state index in [2.05, 4.69) is 26.3 Å². The van der Waals surface area contributed by atoms with Gasteiger partial charge in [-0.2, -0.15) is 11.8 Å². The maximum atomic E-state index is 14.1. The zero-order chi connectivity index (χ0) is 39.6. The lowest BCUT2D eigenvalue weighted by atomic mass is 9.83. The monoisotopic (exact) mass is 798 g/mol. The summed E-state index contributed by atoms with van der Waals surface area (Å²) in [6, 6.07) is 12.5. The molecule has 4 rings (SSSR count). The Kier molecular flexibility index (Phi) is 18.4. The number of hydrogen-bond acceptors (Lipinski definition) is 9. The molecule has 12 nitrogen and oxygen atoms in total. The van der Waals surface area contributed by atoms with Crippen LogP contribution in [0, 0.1) is 5.92 Å². The van der Waals surface area contributed by atoms with Crippen LogP contribution >= 0.6 is 23.5 Å². The lowest BCUT2D eigenvalue weighted by Gasteiger charge is -2.34. The van der Waals surface area contributed by atoms with Gasteiger partial charge >= 0.3 is 12.1 Å². The second-order valence-corrected chi connectivity index (χ2v) is 17.8. The first kappa shape index (κ1) is 44.2. The van der Waals surface area contributed by atoms with Crippen molar-refractivity contribution in [3.63, 3.8) is 0 Å². The van der Waals surface area contributed by atoms with Gasteiger partial charge in [0.1, 0.15) is 17.7 Å². The number of piperidine rings is 1. The van der Waals surface area contributed by atoms with Crippen LogP contribution in [-0.4, -0.2) is 106 Å². The topological polar surface area (TPSA) is 162 Å². The van der Waals surface area contributed by atoms with Crippen molar-refractivity contribution >= 4 is 47.5 Å². The van der Waals surface area contributed by atoms with Gasteiger partial charge in [-0.1, -0.05) is 68.5 Å². The molecule has 1 aliphatic carbocycles. The molecule has 1 aliphatic heterocycles. The minimum atomic E-state index is -0.940. The van der Waals surface area contributed by atoms with E-state index in [0.717, 1.165) is 36.3 Å². The summed E-state index contributed by atoms with van der Waals surface area (Å²) >= 11 is 3.16. The van der Waals surface area contributed by atoms with Crippen LogP contribution < -0.4 is 21.3 Å². The summed E-state index contributed by atoms with van der Waals surface area (Å²) in [6.45, 7) is 6.23. The maximum Gasteiger partial charge on any atom is 0.407 e. The Bertz CT molecular complexity index is 1470. The summed E-state index contributed by atoms with van der Waals surface area (Å²) in [6.07, 6.45) is 11.0. The van der Waals surface area contributed by atoms with Gasteiger partial charge in [0, 0.05) is 37.5 Å². The van der Waals surface area contributed by atoms with E-state index in [0.29, 0.717) is 62.6 Å². The van der Waals surface area contributed by atoms with Crippen molar-refractivity contribution < 1.29 is 29.0 Å². The van der Waals surface area contributed by atoms with Crippen LogP contribution in [0.25, 0.3) is 0 Å². The van der Waals surface area contributed by atoms with Gasteiger partial charge < -0.3 is 36.0 Å². The maximum absolute atomic E-state index is 14.1. The number of hydrogen-bond donors (Lipinski definition) is 5. The number of likely N-dealkylation sites (tertiary alicyclic amines) is 1. The lowest BCUT2D eigenvalue weighted by molar-refractivity contribution is -0.131. The van der Waals surface area contributed by atoms with Crippen LogP contribution in [0.15, 0.2) is 59.8 Å². The number of pyridine rings is 1. The largest absolute Gasteiger partial charge is 0.444 e. The molecule has 5 amide bonds. The van der Waals surface area contributed by atoms with E-state index in [-0.39, 0.29) is 24.4 Å². The fraction of sp³-hybridized carbons (Fsp3) is 0.634. The number of urea groups is 1. The third kappa shape index (κ3) is 16.3. The van der Waals surface area contributed by atoms with Gasteiger partial charge in [-0.15, -0.1) is 11.8 Å². The molecule has 1 saturated heterocycles. The molecule has 2 heterocycles. The molecule has 1 aromatic carbocycles. The number of thioether (sulfide) groups is 2. The Balaban J connectivity index is 1.41. The van der Waals surface area contributed by atoms with Gasteiger partial charge in [0.05, 0.1) is 17.2 Å². The molecule has 0 unspecified atom stereocenters. The Labute approximate surface area is 335 Å². The van der Waals surface area contributed by atoms with Gasteiger partial charge in [0.2, 0.25) is 11.8 Å².